The predicted molar refractivity (Wildman–Crippen MR) is 120 cm³/mol. The average Bonchev–Trinajstić information content (AvgIpc) is 3.36. The van der Waals surface area contributed by atoms with Crippen LogP contribution in [-0.2, 0) is 11.2 Å². The highest BCUT2D eigenvalue weighted by atomic mass is 32.1. The maximum Gasteiger partial charge on any atom is 0.251 e. The van der Waals surface area contributed by atoms with Crippen LogP contribution in [0.3, 0.4) is 0 Å². The Morgan fingerprint density at radius 1 is 1.13 bits per heavy atom. The molecule has 2 aromatic heterocycles. The number of carbonyl (C=O) groups excluding carboxylic acids is 2. The number of fused-ring (bicyclic) bond motifs is 1. The zero-order chi connectivity index (χ0) is 21.7. The van der Waals surface area contributed by atoms with E-state index in [0.29, 0.717) is 36.9 Å². The van der Waals surface area contributed by atoms with Gasteiger partial charge in [-0.15, -0.1) is 11.3 Å². The van der Waals surface area contributed by atoms with Gasteiger partial charge >= 0.3 is 0 Å². The molecule has 30 heavy (non-hydrogen) atoms. The third-order valence-corrected chi connectivity index (χ3v) is 5.33. The van der Waals surface area contributed by atoms with Gasteiger partial charge in [0.1, 0.15) is 11.6 Å². The van der Waals surface area contributed by atoms with Crippen molar-refractivity contribution in [2.24, 2.45) is 11.8 Å². The second-order valence-corrected chi connectivity index (χ2v) is 9.13. The van der Waals surface area contributed by atoms with Crippen molar-refractivity contribution in [3.63, 3.8) is 0 Å². The zero-order valence-corrected chi connectivity index (χ0v) is 18.7. The van der Waals surface area contributed by atoms with Gasteiger partial charge in [0.15, 0.2) is 0 Å². The minimum absolute atomic E-state index is 0.0665. The number of nitrogens with zero attached hydrogens (tertiary/aromatic N) is 2. The van der Waals surface area contributed by atoms with E-state index in [1.807, 2.05) is 16.3 Å². The molecule has 6 nitrogen and oxygen atoms in total. The summed E-state index contributed by atoms with van der Waals surface area (Å²) in [4.78, 5) is 32.6. The van der Waals surface area contributed by atoms with Crippen molar-refractivity contribution in [3.05, 3.63) is 52.7 Å². The lowest BCUT2D eigenvalue weighted by atomic mass is 10.1. The Kier molecular flexibility index (Phi) is 7.26. The number of benzene rings is 1. The van der Waals surface area contributed by atoms with Crippen LogP contribution in [0.5, 0.6) is 0 Å². The van der Waals surface area contributed by atoms with Crippen molar-refractivity contribution in [2.45, 2.75) is 40.2 Å². The molecule has 3 rings (SSSR count). The van der Waals surface area contributed by atoms with Gasteiger partial charge in [0.05, 0.1) is 17.5 Å². The third-order valence-electron chi connectivity index (χ3n) is 4.70. The fraction of sp³-hybridized carbons (Fsp3) is 0.435. The van der Waals surface area contributed by atoms with Gasteiger partial charge in [-0.05, 0) is 36.1 Å². The fourth-order valence-electron chi connectivity index (χ4n) is 3.45. The Labute approximate surface area is 181 Å². The molecule has 0 fully saturated rings. The van der Waals surface area contributed by atoms with Gasteiger partial charge in [-0.1, -0.05) is 27.7 Å². The van der Waals surface area contributed by atoms with Crippen LogP contribution in [0.4, 0.5) is 0 Å². The molecule has 1 aromatic carbocycles. The number of aromatic nitrogens is 1. The third kappa shape index (κ3) is 5.69. The first kappa shape index (κ1) is 22.0. The molecule has 0 unspecified atom stereocenters. The molecular weight excluding hydrogens is 398 g/mol. The van der Waals surface area contributed by atoms with E-state index >= 15 is 0 Å². The lowest BCUT2D eigenvalue weighted by molar-refractivity contribution is -0.134. The first-order chi connectivity index (χ1) is 14.3. The Bertz CT molecular complexity index is 969. The van der Waals surface area contributed by atoms with E-state index in [1.54, 1.807) is 30.0 Å². The van der Waals surface area contributed by atoms with Gasteiger partial charge in [0.2, 0.25) is 5.91 Å². The van der Waals surface area contributed by atoms with Crippen molar-refractivity contribution in [2.75, 3.05) is 13.1 Å². The largest absolute Gasteiger partial charge is 0.464 e. The van der Waals surface area contributed by atoms with Crippen LogP contribution < -0.4 is 5.32 Å². The molecule has 160 valence electrons. The van der Waals surface area contributed by atoms with Crippen LogP contribution in [0.2, 0.25) is 0 Å². The molecule has 0 saturated heterocycles. The zero-order valence-electron chi connectivity index (χ0n) is 17.9. The molecule has 0 aliphatic heterocycles. The van der Waals surface area contributed by atoms with E-state index < -0.39 is 6.04 Å². The van der Waals surface area contributed by atoms with Gasteiger partial charge in [0.25, 0.3) is 5.91 Å². The summed E-state index contributed by atoms with van der Waals surface area (Å²) >= 11 is 1.48. The molecule has 0 aliphatic rings. The summed E-state index contributed by atoms with van der Waals surface area (Å²) in [6, 6.07) is 6.41. The summed E-state index contributed by atoms with van der Waals surface area (Å²) in [6.45, 7) is 9.68. The van der Waals surface area contributed by atoms with E-state index in [0.717, 1.165) is 16.7 Å². The molecule has 0 radical (unpaired) electrons. The molecule has 0 spiro atoms. The Morgan fingerprint density at radius 3 is 2.50 bits per heavy atom. The van der Waals surface area contributed by atoms with Gasteiger partial charge in [-0.3, -0.25) is 9.59 Å². The monoisotopic (exact) mass is 427 g/mol. The van der Waals surface area contributed by atoms with Crippen LogP contribution in [0.25, 0.3) is 11.0 Å². The topological polar surface area (TPSA) is 75.4 Å². The van der Waals surface area contributed by atoms with E-state index in [9.17, 15) is 9.59 Å². The van der Waals surface area contributed by atoms with Gasteiger partial charge < -0.3 is 14.6 Å². The smallest absolute Gasteiger partial charge is 0.251 e. The molecule has 2 amide bonds. The molecule has 7 heteroatoms. The predicted octanol–water partition coefficient (Wildman–Crippen LogP) is 4.37. The summed E-state index contributed by atoms with van der Waals surface area (Å²) in [6.07, 6.45) is 1.96. The number of nitrogens with one attached hydrogen (secondary N) is 1. The normalized spacial score (nSPS) is 12.5. The maximum atomic E-state index is 13.5. The fourth-order valence-corrected chi connectivity index (χ4v) is 4.02. The second-order valence-electron chi connectivity index (χ2n) is 8.41. The number of rotatable bonds is 9. The minimum Gasteiger partial charge on any atom is -0.464 e. The first-order valence-corrected chi connectivity index (χ1v) is 11.2. The van der Waals surface area contributed by atoms with Crippen molar-refractivity contribution in [1.29, 1.82) is 0 Å². The van der Waals surface area contributed by atoms with E-state index in [4.69, 9.17) is 4.42 Å². The summed E-state index contributed by atoms with van der Waals surface area (Å²) in [7, 11) is 0. The number of thiazole rings is 1. The molecule has 1 atom stereocenters. The SMILES string of the molecule is CC(C)CN(CC(C)C)C(=O)[C@H](Cc1cscn1)NC(=O)c1ccc2occc2c1. The quantitative estimate of drug-likeness (QED) is 0.550. The van der Waals surface area contributed by atoms with Crippen molar-refractivity contribution < 1.29 is 14.0 Å². The molecule has 0 bridgehead atoms. The number of hydrogen-bond donors (Lipinski definition) is 1. The number of carbonyl (C=O) groups is 2. The maximum absolute atomic E-state index is 13.5. The summed E-state index contributed by atoms with van der Waals surface area (Å²) in [5.74, 6) is 0.336. The highest BCUT2D eigenvalue weighted by molar-refractivity contribution is 7.07. The number of hydrogen-bond acceptors (Lipinski definition) is 5. The van der Waals surface area contributed by atoms with Crippen LogP contribution >= 0.6 is 11.3 Å². The molecule has 0 aliphatic carbocycles. The highest BCUT2D eigenvalue weighted by Crippen LogP contribution is 2.18. The van der Waals surface area contributed by atoms with E-state index in [1.165, 1.54) is 11.3 Å². The molecule has 3 aromatic rings. The molecular formula is C23H29N3O3S. The summed E-state index contributed by atoms with van der Waals surface area (Å²) in [5, 5.41) is 5.73. The molecule has 2 heterocycles. The lowest BCUT2D eigenvalue weighted by Crippen LogP contribution is -2.51. The number of furan rings is 1. The van der Waals surface area contributed by atoms with Gasteiger partial charge in [-0.25, -0.2) is 4.98 Å². The van der Waals surface area contributed by atoms with Crippen molar-refractivity contribution >= 4 is 34.1 Å². The van der Waals surface area contributed by atoms with Crippen LogP contribution in [0.1, 0.15) is 43.7 Å². The van der Waals surface area contributed by atoms with Gasteiger partial charge in [0, 0.05) is 35.8 Å². The molecule has 0 saturated carbocycles. The van der Waals surface area contributed by atoms with Crippen molar-refractivity contribution in [3.8, 4) is 0 Å². The Morgan fingerprint density at radius 2 is 1.87 bits per heavy atom. The Balaban J connectivity index is 1.83. The van der Waals surface area contributed by atoms with E-state index in [-0.39, 0.29) is 11.8 Å². The van der Waals surface area contributed by atoms with Crippen LogP contribution in [0, 0.1) is 11.8 Å². The Hall–Kier alpha value is -2.67. The summed E-state index contributed by atoms with van der Waals surface area (Å²) < 4.78 is 5.35. The van der Waals surface area contributed by atoms with E-state index in [2.05, 4.69) is 38.0 Å². The first-order valence-electron chi connectivity index (χ1n) is 10.3. The highest BCUT2D eigenvalue weighted by Gasteiger charge is 2.28. The average molecular weight is 428 g/mol. The summed E-state index contributed by atoms with van der Waals surface area (Å²) in [5.41, 5.74) is 3.77. The molecule has 1 N–H and O–H groups in total. The minimum atomic E-state index is -0.669. The van der Waals surface area contributed by atoms with Crippen LogP contribution in [0.15, 0.2) is 45.8 Å². The van der Waals surface area contributed by atoms with Crippen LogP contribution in [-0.4, -0.2) is 40.8 Å². The standard InChI is InChI=1S/C23H29N3O3S/c1-15(2)11-26(12-16(3)4)23(28)20(10-19-13-30-14-24-19)25-22(27)18-5-6-21-17(9-18)7-8-29-21/h5-9,13-16,20H,10-12H2,1-4H3,(H,25,27)/t20-/m0/s1. The number of amides is 2. The lowest BCUT2D eigenvalue weighted by Gasteiger charge is -2.30. The van der Waals surface area contributed by atoms with Crippen molar-refractivity contribution in [1.82, 2.24) is 15.2 Å². The van der Waals surface area contributed by atoms with Gasteiger partial charge in [-0.2, -0.15) is 0 Å². The second kappa shape index (κ2) is 9.89.